The third-order valence-electron chi connectivity index (χ3n) is 4.28. The van der Waals surface area contributed by atoms with Crippen LogP contribution in [0.5, 0.6) is 5.75 Å². The highest BCUT2D eigenvalue weighted by Gasteiger charge is 2.11. The first kappa shape index (κ1) is 18.0. The first-order valence-electron chi connectivity index (χ1n) is 8.54. The summed E-state index contributed by atoms with van der Waals surface area (Å²) in [6.07, 6.45) is 4.46. The largest absolute Gasteiger partial charge is 0.505 e. The van der Waals surface area contributed by atoms with Crippen LogP contribution in [-0.2, 0) is 6.61 Å². The van der Waals surface area contributed by atoms with Crippen LogP contribution in [0.1, 0.15) is 16.8 Å². The summed E-state index contributed by atoms with van der Waals surface area (Å²) in [5.74, 6) is 0.558. The maximum absolute atomic E-state index is 10.2. The number of benzene rings is 1. The molecule has 3 heterocycles. The molecule has 0 amide bonds. The van der Waals surface area contributed by atoms with Gasteiger partial charge in [-0.2, -0.15) is 5.10 Å². The molecular weight excluding hydrogens is 374 g/mol. The normalized spacial score (nSPS) is 11.4. The number of nitrogens with zero attached hydrogens (tertiary/aromatic N) is 4. The molecule has 0 spiro atoms. The lowest BCUT2D eigenvalue weighted by molar-refractivity contribution is 0.280. The summed E-state index contributed by atoms with van der Waals surface area (Å²) in [5, 5.41) is 24.7. The minimum atomic E-state index is -0.245. The van der Waals surface area contributed by atoms with Gasteiger partial charge in [0.15, 0.2) is 5.82 Å². The van der Waals surface area contributed by atoms with Crippen molar-refractivity contribution in [2.75, 3.05) is 5.43 Å². The first-order valence-corrected chi connectivity index (χ1v) is 9.36. The Kier molecular flexibility index (Phi) is 4.96. The van der Waals surface area contributed by atoms with E-state index < -0.39 is 0 Å². The van der Waals surface area contributed by atoms with Crippen LogP contribution < -0.4 is 5.43 Å². The Labute approximate surface area is 165 Å². The summed E-state index contributed by atoms with van der Waals surface area (Å²) >= 11 is 1.58. The number of aliphatic hydroxyl groups excluding tert-OH is 1. The summed E-state index contributed by atoms with van der Waals surface area (Å²) in [5.41, 5.74) is 5.40. The van der Waals surface area contributed by atoms with Gasteiger partial charge in [-0.25, -0.2) is 9.97 Å². The topological polar surface area (TPSA) is 104 Å². The third-order valence-corrected chi connectivity index (χ3v) is 5.37. The number of pyridine rings is 1. The van der Waals surface area contributed by atoms with Crippen molar-refractivity contribution in [2.45, 2.75) is 13.5 Å². The fraction of sp³-hybridized carbons (Fsp3) is 0.100. The lowest BCUT2D eigenvalue weighted by Crippen LogP contribution is -2.00. The Hall–Kier alpha value is -3.36. The van der Waals surface area contributed by atoms with E-state index in [0.29, 0.717) is 22.6 Å². The number of aryl methyl sites for hydroxylation is 1. The number of thiophene rings is 1. The Bertz CT molecular complexity index is 1160. The van der Waals surface area contributed by atoms with Gasteiger partial charge in [0.25, 0.3) is 0 Å². The quantitative estimate of drug-likeness (QED) is 0.354. The molecule has 0 fully saturated rings. The van der Waals surface area contributed by atoms with E-state index in [0.717, 1.165) is 20.7 Å². The summed E-state index contributed by atoms with van der Waals surface area (Å²) < 4.78 is 0. The molecule has 0 saturated carbocycles. The smallest absolute Gasteiger partial charge is 0.158 e. The molecule has 0 aliphatic carbocycles. The van der Waals surface area contributed by atoms with E-state index >= 15 is 0 Å². The molecule has 3 N–H and O–H groups in total. The van der Waals surface area contributed by atoms with Crippen LogP contribution in [-0.4, -0.2) is 31.4 Å². The van der Waals surface area contributed by atoms with E-state index in [9.17, 15) is 10.2 Å². The van der Waals surface area contributed by atoms with Gasteiger partial charge in [-0.15, -0.1) is 11.3 Å². The van der Waals surface area contributed by atoms with Gasteiger partial charge in [0, 0.05) is 22.2 Å². The average molecular weight is 391 g/mol. The predicted octanol–water partition coefficient (Wildman–Crippen LogP) is 3.71. The Balaban J connectivity index is 1.65. The summed E-state index contributed by atoms with van der Waals surface area (Å²) in [6.45, 7) is 1.44. The number of nitrogens with one attached hydrogen (secondary N) is 1. The van der Waals surface area contributed by atoms with E-state index in [4.69, 9.17) is 0 Å². The van der Waals surface area contributed by atoms with Crippen molar-refractivity contribution in [3.8, 4) is 16.2 Å². The molecule has 28 heavy (non-hydrogen) atoms. The Morgan fingerprint density at radius 1 is 1.18 bits per heavy atom. The van der Waals surface area contributed by atoms with Crippen molar-refractivity contribution < 1.29 is 10.2 Å². The molecule has 4 aromatic rings. The van der Waals surface area contributed by atoms with Gasteiger partial charge in [-0.3, -0.25) is 10.4 Å². The van der Waals surface area contributed by atoms with Crippen LogP contribution in [0.25, 0.3) is 20.7 Å². The molecule has 4 rings (SSSR count). The van der Waals surface area contributed by atoms with Crippen LogP contribution >= 0.6 is 11.3 Å². The Morgan fingerprint density at radius 3 is 2.79 bits per heavy atom. The fourth-order valence-electron chi connectivity index (χ4n) is 2.77. The summed E-state index contributed by atoms with van der Waals surface area (Å²) in [7, 11) is 0. The van der Waals surface area contributed by atoms with Crippen LogP contribution in [0.15, 0.2) is 54.0 Å². The van der Waals surface area contributed by atoms with E-state index in [-0.39, 0.29) is 12.4 Å². The molecule has 0 aliphatic rings. The third kappa shape index (κ3) is 3.42. The number of aromatic hydroxyl groups is 1. The molecule has 140 valence electrons. The predicted molar refractivity (Wildman–Crippen MR) is 111 cm³/mol. The van der Waals surface area contributed by atoms with Gasteiger partial charge < -0.3 is 10.2 Å². The molecular formula is C20H17N5O2S. The van der Waals surface area contributed by atoms with Gasteiger partial charge in [0.1, 0.15) is 16.9 Å². The second kappa shape index (κ2) is 7.71. The van der Waals surface area contributed by atoms with E-state index in [1.807, 2.05) is 36.4 Å². The first-order chi connectivity index (χ1) is 13.7. The number of hydrogen-bond acceptors (Lipinski definition) is 8. The fourth-order valence-corrected chi connectivity index (χ4v) is 3.77. The monoisotopic (exact) mass is 391 g/mol. The molecule has 8 heteroatoms. The maximum atomic E-state index is 10.2. The van der Waals surface area contributed by atoms with Crippen molar-refractivity contribution in [2.24, 2.45) is 5.10 Å². The highest BCUT2D eigenvalue weighted by molar-refractivity contribution is 7.21. The number of hydrogen-bond donors (Lipinski definition) is 3. The zero-order valence-electron chi connectivity index (χ0n) is 15.0. The van der Waals surface area contributed by atoms with Gasteiger partial charge in [0.05, 0.1) is 23.9 Å². The van der Waals surface area contributed by atoms with Crippen LogP contribution in [0, 0.1) is 6.92 Å². The Morgan fingerprint density at radius 2 is 2.00 bits per heavy atom. The van der Waals surface area contributed by atoms with Crippen molar-refractivity contribution in [3.05, 3.63) is 65.7 Å². The molecule has 0 aliphatic heterocycles. The van der Waals surface area contributed by atoms with E-state index in [1.165, 1.54) is 18.7 Å². The zero-order valence-corrected chi connectivity index (χ0v) is 15.8. The highest BCUT2D eigenvalue weighted by Crippen LogP contribution is 2.34. The SMILES string of the molecule is Cc1ncc(CO)c(/C=N/Nc2ncnc3sc(-c4ccccc4)cc23)c1O. The number of fused-ring (bicyclic) bond motifs is 1. The van der Waals surface area contributed by atoms with Crippen molar-refractivity contribution >= 4 is 33.6 Å². The van der Waals surface area contributed by atoms with Crippen LogP contribution in [0.4, 0.5) is 5.82 Å². The molecule has 0 radical (unpaired) electrons. The molecule has 7 nitrogen and oxygen atoms in total. The molecule has 0 atom stereocenters. The summed E-state index contributed by atoms with van der Waals surface area (Å²) in [4.78, 5) is 14.6. The average Bonchev–Trinajstić information content (AvgIpc) is 3.17. The van der Waals surface area contributed by atoms with Crippen LogP contribution in [0.3, 0.4) is 0 Å². The van der Waals surface area contributed by atoms with Gasteiger partial charge in [-0.1, -0.05) is 30.3 Å². The number of rotatable bonds is 5. The standard InChI is InChI=1S/C20H17N5O2S/c1-12-18(27)16(14(10-26)8-21-12)9-24-25-19-15-7-17(13-5-3-2-4-6-13)28-20(15)23-11-22-19/h2-9,11,26-27H,10H2,1H3,(H,22,23,25)/b24-9+. The molecule has 0 bridgehead atoms. The molecule has 0 saturated heterocycles. The highest BCUT2D eigenvalue weighted by atomic mass is 32.1. The summed E-state index contributed by atoms with van der Waals surface area (Å²) in [6, 6.07) is 12.1. The van der Waals surface area contributed by atoms with Crippen molar-refractivity contribution in [1.82, 2.24) is 15.0 Å². The lowest BCUT2D eigenvalue weighted by Gasteiger charge is -2.07. The maximum Gasteiger partial charge on any atom is 0.158 e. The second-order valence-electron chi connectivity index (χ2n) is 6.08. The molecule has 3 aromatic heterocycles. The van der Waals surface area contributed by atoms with Gasteiger partial charge >= 0.3 is 0 Å². The number of aliphatic hydroxyl groups is 1. The van der Waals surface area contributed by atoms with Gasteiger partial charge in [-0.05, 0) is 18.6 Å². The van der Waals surface area contributed by atoms with E-state index in [2.05, 4.69) is 25.5 Å². The number of aromatic nitrogens is 3. The number of hydrazone groups is 1. The second-order valence-corrected chi connectivity index (χ2v) is 7.11. The molecule has 1 aromatic carbocycles. The van der Waals surface area contributed by atoms with Crippen LogP contribution in [0.2, 0.25) is 0 Å². The minimum absolute atomic E-state index is 0.00756. The lowest BCUT2D eigenvalue weighted by atomic mass is 10.1. The molecule has 0 unspecified atom stereocenters. The zero-order chi connectivity index (χ0) is 19.5. The minimum Gasteiger partial charge on any atom is -0.505 e. The number of anilines is 1. The van der Waals surface area contributed by atoms with Crippen molar-refractivity contribution in [1.29, 1.82) is 0 Å². The van der Waals surface area contributed by atoms with Gasteiger partial charge in [0.2, 0.25) is 0 Å². The van der Waals surface area contributed by atoms with Crippen molar-refractivity contribution in [3.63, 3.8) is 0 Å². The van der Waals surface area contributed by atoms with E-state index in [1.54, 1.807) is 18.3 Å².